The minimum atomic E-state index is -1.61. The van der Waals surface area contributed by atoms with Crippen LogP contribution in [0, 0.1) is 0 Å². The van der Waals surface area contributed by atoms with E-state index in [2.05, 4.69) is 31.3 Å². The van der Waals surface area contributed by atoms with E-state index in [0.717, 1.165) is 32.1 Å². The molecule has 1 heterocycles. The molecule has 0 bridgehead atoms. The van der Waals surface area contributed by atoms with Crippen molar-refractivity contribution in [1.29, 1.82) is 0 Å². The van der Waals surface area contributed by atoms with E-state index in [9.17, 15) is 35.4 Å². The smallest absolute Gasteiger partial charge is 0.249 e. The third kappa shape index (κ3) is 28.2. The normalized spacial score (nSPS) is 21.6. The number of hydrogen-bond donors (Lipinski definition) is 7. The summed E-state index contributed by atoms with van der Waals surface area (Å²) >= 11 is 0. The molecule has 58 heavy (non-hydrogen) atoms. The van der Waals surface area contributed by atoms with Crippen molar-refractivity contribution in [3.8, 4) is 0 Å². The Bertz CT molecular complexity index is 979. The van der Waals surface area contributed by atoms with Crippen molar-refractivity contribution in [1.82, 2.24) is 5.32 Å². The fourth-order valence-corrected chi connectivity index (χ4v) is 7.65. The molecule has 0 aromatic heterocycles. The Morgan fingerprint density at radius 1 is 0.586 bits per heavy atom. The largest absolute Gasteiger partial charge is 0.394 e. The third-order valence-electron chi connectivity index (χ3n) is 11.6. The number of carbonyl (C=O) groups excluding carboxylic acids is 1. The molecule has 1 aliphatic heterocycles. The van der Waals surface area contributed by atoms with E-state index in [1.807, 2.05) is 6.08 Å². The van der Waals surface area contributed by atoms with Crippen molar-refractivity contribution in [2.45, 2.75) is 262 Å². The Morgan fingerprint density at radius 2 is 1.02 bits per heavy atom. The van der Waals surface area contributed by atoms with Crippen LogP contribution in [0.25, 0.3) is 0 Å². The van der Waals surface area contributed by atoms with Crippen LogP contribution in [-0.2, 0) is 14.3 Å². The van der Waals surface area contributed by atoms with Crippen LogP contribution in [-0.4, -0.2) is 98.7 Å². The Balaban J connectivity index is 2.36. The lowest BCUT2D eigenvalue weighted by atomic mass is 9.99. The molecule has 1 fully saturated rings. The molecule has 0 aliphatic carbocycles. The van der Waals surface area contributed by atoms with Gasteiger partial charge in [-0.25, -0.2) is 0 Å². The minimum absolute atomic E-state index is 0.308. The highest BCUT2D eigenvalue weighted by Crippen LogP contribution is 2.23. The van der Waals surface area contributed by atoms with E-state index >= 15 is 0 Å². The molecule has 0 aromatic rings. The monoisotopic (exact) mass is 826 g/mol. The van der Waals surface area contributed by atoms with Gasteiger partial charge in [0.2, 0.25) is 5.91 Å². The summed E-state index contributed by atoms with van der Waals surface area (Å²) in [6.07, 6.45) is 35.6. The van der Waals surface area contributed by atoms with Crippen molar-refractivity contribution >= 4 is 5.91 Å². The van der Waals surface area contributed by atoms with E-state index in [4.69, 9.17) is 9.47 Å². The molecule has 1 amide bonds. The van der Waals surface area contributed by atoms with E-state index in [-0.39, 0.29) is 6.61 Å². The van der Waals surface area contributed by atoms with Crippen LogP contribution >= 0.6 is 0 Å². The van der Waals surface area contributed by atoms with Crippen molar-refractivity contribution in [2.75, 3.05) is 13.2 Å². The maximum atomic E-state index is 13.0. The second-order valence-electron chi connectivity index (χ2n) is 17.0. The van der Waals surface area contributed by atoms with Gasteiger partial charge in [-0.15, -0.1) is 0 Å². The number of allylic oxidation sites excluding steroid dienone is 3. The molecule has 0 saturated carbocycles. The molecule has 1 aliphatic rings. The maximum Gasteiger partial charge on any atom is 0.249 e. The lowest BCUT2D eigenvalue weighted by molar-refractivity contribution is -0.302. The average Bonchev–Trinajstić information content (AvgIpc) is 3.22. The minimum Gasteiger partial charge on any atom is -0.394 e. The highest BCUT2D eigenvalue weighted by atomic mass is 16.7. The van der Waals surface area contributed by atoms with E-state index in [1.165, 1.54) is 148 Å². The Labute approximate surface area is 354 Å². The molecular weight excluding hydrogens is 735 g/mol. The molecule has 8 atom stereocenters. The van der Waals surface area contributed by atoms with Gasteiger partial charge in [-0.1, -0.05) is 205 Å². The summed E-state index contributed by atoms with van der Waals surface area (Å²) in [6, 6.07) is -0.992. The fourth-order valence-electron chi connectivity index (χ4n) is 7.65. The first-order chi connectivity index (χ1) is 28.3. The van der Waals surface area contributed by atoms with Crippen LogP contribution in [0.3, 0.4) is 0 Å². The number of aliphatic hydroxyl groups excluding tert-OH is 6. The van der Waals surface area contributed by atoms with E-state index in [0.29, 0.717) is 19.3 Å². The van der Waals surface area contributed by atoms with Crippen molar-refractivity contribution < 1.29 is 44.9 Å². The van der Waals surface area contributed by atoms with Crippen LogP contribution in [0.1, 0.15) is 213 Å². The average molecular weight is 826 g/mol. The van der Waals surface area contributed by atoms with Gasteiger partial charge in [0.05, 0.1) is 25.4 Å². The molecule has 0 aromatic carbocycles. The Kier molecular flexibility index (Phi) is 36.3. The highest BCUT2D eigenvalue weighted by molar-refractivity contribution is 5.80. The van der Waals surface area contributed by atoms with Gasteiger partial charge < -0.3 is 45.4 Å². The first-order valence-electron chi connectivity index (χ1n) is 24.2. The SMILES string of the molecule is CCCCCCCCC/C=C/CC/C=C/[C@@H](O)[C@H](CO[C@@H]1O[C@H](CO)[C@@H](O)[C@H](O)[C@H]1O)NC(=O)[C@H](O)CCCCCCCCCCCCCCCCCCCCCC. The third-order valence-corrected chi connectivity index (χ3v) is 11.6. The quantitative estimate of drug-likeness (QED) is 0.0235. The molecule has 10 heteroatoms. The lowest BCUT2D eigenvalue weighted by Crippen LogP contribution is -2.60. The zero-order valence-corrected chi connectivity index (χ0v) is 37.2. The van der Waals surface area contributed by atoms with Crippen LogP contribution < -0.4 is 5.32 Å². The summed E-state index contributed by atoms with van der Waals surface area (Å²) in [6.45, 7) is 3.59. The van der Waals surface area contributed by atoms with Crippen molar-refractivity contribution in [2.24, 2.45) is 0 Å². The number of aliphatic hydroxyl groups is 6. The van der Waals surface area contributed by atoms with Crippen LogP contribution in [0.15, 0.2) is 24.3 Å². The predicted molar refractivity (Wildman–Crippen MR) is 236 cm³/mol. The standard InChI is InChI=1S/C48H91NO9/c1-3-5-7-9-11-13-15-17-18-19-20-21-22-23-25-27-29-31-33-35-37-42(52)47(56)49-40(39-57-48-46(55)45(54)44(53)43(38-50)58-48)41(51)36-34-32-30-28-26-24-16-14-12-10-8-6-4-2/h26,28,34,36,40-46,48,50-55H,3-25,27,29-33,35,37-39H2,1-2H3,(H,49,56)/b28-26+,36-34+/t40-,41+,42+,43+,44+,45-,46+,48+/m0/s1. The van der Waals surface area contributed by atoms with Gasteiger partial charge in [0.25, 0.3) is 0 Å². The van der Waals surface area contributed by atoms with Gasteiger partial charge in [-0.05, 0) is 32.1 Å². The first kappa shape index (κ1) is 54.6. The molecule has 0 unspecified atom stereocenters. The number of amides is 1. The summed E-state index contributed by atoms with van der Waals surface area (Å²) < 4.78 is 11.1. The molecule has 0 radical (unpaired) electrons. The topological polar surface area (TPSA) is 169 Å². The number of carbonyl (C=O) groups is 1. The van der Waals surface area contributed by atoms with E-state index < -0.39 is 61.5 Å². The maximum absolute atomic E-state index is 13.0. The Hall–Kier alpha value is -1.37. The van der Waals surface area contributed by atoms with Gasteiger partial charge in [-0.2, -0.15) is 0 Å². The highest BCUT2D eigenvalue weighted by Gasteiger charge is 2.44. The number of hydrogen-bond acceptors (Lipinski definition) is 9. The molecule has 7 N–H and O–H groups in total. The first-order valence-corrected chi connectivity index (χ1v) is 24.2. The summed E-state index contributed by atoms with van der Waals surface area (Å²) in [5.74, 6) is -0.624. The molecule has 10 nitrogen and oxygen atoms in total. The van der Waals surface area contributed by atoms with Crippen LogP contribution in [0.5, 0.6) is 0 Å². The van der Waals surface area contributed by atoms with Gasteiger partial charge in [0, 0.05) is 0 Å². The lowest BCUT2D eigenvalue weighted by Gasteiger charge is -2.40. The predicted octanol–water partition coefficient (Wildman–Crippen LogP) is 9.25. The summed E-state index contributed by atoms with van der Waals surface area (Å²) in [5.41, 5.74) is 0. The summed E-state index contributed by atoms with van der Waals surface area (Å²) in [5, 5.41) is 64.6. The number of unbranched alkanes of at least 4 members (excludes halogenated alkanes) is 27. The second-order valence-corrected chi connectivity index (χ2v) is 17.0. The second kappa shape index (κ2) is 38.5. The molecule has 342 valence electrons. The molecule has 1 saturated heterocycles. The van der Waals surface area contributed by atoms with Crippen LogP contribution in [0.4, 0.5) is 0 Å². The zero-order chi connectivity index (χ0) is 42.5. The molecule has 1 rings (SSSR count). The number of nitrogens with one attached hydrogen (secondary N) is 1. The van der Waals surface area contributed by atoms with Gasteiger partial charge in [0.1, 0.15) is 30.5 Å². The van der Waals surface area contributed by atoms with Gasteiger partial charge in [0.15, 0.2) is 6.29 Å². The zero-order valence-electron chi connectivity index (χ0n) is 37.2. The molecular formula is C48H91NO9. The van der Waals surface area contributed by atoms with Gasteiger partial charge >= 0.3 is 0 Å². The Morgan fingerprint density at radius 3 is 1.50 bits per heavy atom. The fraction of sp³-hybridized carbons (Fsp3) is 0.896. The number of rotatable bonds is 40. The molecule has 0 spiro atoms. The number of ether oxygens (including phenoxy) is 2. The van der Waals surface area contributed by atoms with Crippen LogP contribution in [0.2, 0.25) is 0 Å². The van der Waals surface area contributed by atoms with E-state index in [1.54, 1.807) is 6.08 Å². The van der Waals surface area contributed by atoms with Crippen molar-refractivity contribution in [3.05, 3.63) is 24.3 Å². The summed E-state index contributed by atoms with van der Waals surface area (Å²) in [7, 11) is 0. The van der Waals surface area contributed by atoms with Gasteiger partial charge in [-0.3, -0.25) is 4.79 Å². The summed E-state index contributed by atoms with van der Waals surface area (Å²) in [4.78, 5) is 13.0. The van der Waals surface area contributed by atoms with Crippen molar-refractivity contribution in [3.63, 3.8) is 0 Å².